The van der Waals surface area contributed by atoms with Crippen LogP contribution in [0.2, 0.25) is 0 Å². The number of nitrogens with one attached hydrogen (secondary N) is 1. The van der Waals surface area contributed by atoms with Crippen LogP contribution >= 0.6 is 0 Å². The molecule has 3 N–H and O–H groups in total. The number of nitrogen functional groups attached to an aromatic ring is 1. The molecule has 1 saturated heterocycles. The number of benzene rings is 2. The van der Waals surface area contributed by atoms with Crippen molar-refractivity contribution < 1.29 is 4.39 Å². The smallest absolute Gasteiger partial charge is 0.123 e. The van der Waals surface area contributed by atoms with E-state index in [9.17, 15) is 4.39 Å². The molecule has 0 bridgehead atoms. The fourth-order valence-electron chi connectivity index (χ4n) is 3.07. The van der Waals surface area contributed by atoms with Crippen LogP contribution in [0.5, 0.6) is 0 Å². The molecule has 1 aliphatic heterocycles. The van der Waals surface area contributed by atoms with E-state index in [0.29, 0.717) is 0 Å². The maximum absolute atomic E-state index is 13.0. The zero-order chi connectivity index (χ0) is 16.8. The molecule has 0 saturated carbocycles. The van der Waals surface area contributed by atoms with E-state index in [4.69, 9.17) is 5.73 Å². The molecule has 128 valence electrons. The lowest BCUT2D eigenvalue weighted by Crippen LogP contribution is -2.46. The fourth-order valence-corrected chi connectivity index (χ4v) is 3.07. The average molecular weight is 328 g/mol. The van der Waals surface area contributed by atoms with Crippen LogP contribution in [0, 0.1) is 5.82 Å². The lowest BCUT2D eigenvalue weighted by Gasteiger charge is -2.36. The zero-order valence-electron chi connectivity index (χ0n) is 13.9. The highest BCUT2D eigenvalue weighted by molar-refractivity contribution is 5.65. The molecule has 24 heavy (non-hydrogen) atoms. The summed E-state index contributed by atoms with van der Waals surface area (Å²) in [4.78, 5) is 4.80. The van der Waals surface area contributed by atoms with Gasteiger partial charge in [-0.1, -0.05) is 12.1 Å². The minimum atomic E-state index is -0.177. The molecule has 1 fully saturated rings. The molecule has 5 heteroatoms. The third-order valence-electron chi connectivity index (χ3n) is 4.49. The SMILES string of the molecule is Nc1ccccc1NCCCN1CCN(c2ccc(F)cc2)CC1. The Bertz CT molecular complexity index is 636. The normalized spacial score (nSPS) is 15.5. The van der Waals surface area contributed by atoms with E-state index < -0.39 is 0 Å². The van der Waals surface area contributed by atoms with E-state index in [0.717, 1.165) is 62.8 Å². The molecule has 1 aliphatic rings. The number of nitrogens with two attached hydrogens (primary N) is 1. The minimum absolute atomic E-state index is 0.177. The first-order valence-electron chi connectivity index (χ1n) is 8.53. The van der Waals surface area contributed by atoms with Crippen molar-refractivity contribution in [1.29, 1.82) is 0 Å². The number of nitrogens with zero attached hydrogens (tertiary/aromatic N) is 2. The maximum atomic E-state index is 13.0. The molecule has 0 atom stereocenters. The highest BCUT2D eigenvalue weighted by Crippen LogP contribution is 2.18. The van der Waals surface area contributed by atoms with Gasteiger partial charge in [0, 0.05) is 38.4 Å². The predicted molar refractivity (Wildman–Crippen MR) is 99.0 cm³/mol. The van der Waals surface area contributed by atoms with Crippen LogP contribution in [0.15, 0.2) is 48.5 Å². The van der Waals surface area contributed by atoms with Crippen molar-refractivity contribution in [2.45, 2.75) is 6.42 Å². The van der Waals surface area contributed by atoms with Gasteiger partial charge in [-0.15, -0.1) is 0 Å². The van der Waals surface area contributed by atoms with Crippen LogP contribution < -0.4 is 16.0 Å². The second-order valence-electron chi connectivity index (χ2n) is 6.17. The molecule has 0 amide bonds. The number of anilines is 3. The van der Waals surface area contributed by atoms with Gasteiger partial charge >= 0.3 is 0 Å². The Labute approximate surface area is 143 Å². The largest absolute Gasteiger partial charge is 0.397 e. The molecule has 1 heterocycles. The number of hydrogen-bond donors (Lipinski definition) is 2. The Morgan fingerprint density at radius 1 is 0.958 bits per heavy atom. The van der Waals surface area contributed by atoms with Gasteiger partial charge < -0.3 is 16.0 Å². The summed E-state index contributed by atoms with van der Waals surface area (Å²) in [6.07, 6.45) is 1.09. The summed E-state index contributed by atoms with van der Waals surface area (Å²) >= 11 is 0. The molecule has 0 aliphatic carbocycles. The third-order valence-corrected chi connectivity index (χ3v) is 4.49. The second-order valence-corrected chi connectivity index (χ2v) is 6.17. The topological polar surface area (TPSA) is 44.5 Å². The first kappa shape index (κ1) is 16.6. The zero-order valence-corrected chi connectivity index (χ0v) is 13.9. The molecule has 0 spiro atoms. The Morgan fingerprint density at radius 2 is 1.67 bits per heavy atom. The van der Waals surface area contributed by atoms with Crippen LogP contribution in [0.25, 0.3) is 0 Å². The van der Waals surface area contributed by atoms with Crippen LogP contribution in [-0.4, -0.2) is 44.2 Å². The highest BCUT2D eigenvalue weighted by atomic mass is 19.1. The maximum Gasteiger partial charge on any atom is 0.123 e. The van der Waals surface area contributed by atoms with Gasteiger partial charge in [-0.25, -0.2) is 4.39 Å². The monoisotopic (exact) mass is 328 g/mol. The number of rotatable bonds is 6. The summed E-state index contributed by atoms with van der Waals surface area (Å²) < 4.78 is 13.0. The van der Waals surface area contributed by atoms with Crippen molar-refractivity contribution in [3.05, 3.63) is 54.3 Å². The van der Waals surface area contributed by atoms with Crippen molar-refractivity contribution in [2.24, 2.45) is 0 Å². The molecule has 2 aromatic rings. The van der Waals surface area contributed by atoms with E-state index in [-0.39, 0.29) is 5.82 Å². The van der Waals surface area contributed by atoms with E-state index in [1.165, 1.54) is 12.1 Å². The van der Waals surface area contributed by atoms with Crippen LogP contribution in [0.4, 0.5) is 21.5 Å². The summed E-state index contributed by atoms with van der Waals surface area (Å²) in [7, 11) is 0. The molecule has 3 rings (SSSR count). The molecule has 0 radical (unpaired) electrons. The summed E-state index contributed by atoms with van der Waals surface area (Å²) in [5.74, 6) is -0.177. The first-order chi connectivity index (χ1) is 11.7. The first-order valence-corrected chi connectivity index (χ1v) is 8.53. The third kappa shape index (κ3) is 4.38. The van der Waals surface area contributed by atoms with Gasteiger partial charge in [-0.3, -0.25) is 4.90 Å². The number of halogens is 1. The molecule has 4 nitrogen and oxygen atoms in total. The van der Waals surface area contributed by atoms with E-state index >= 15 is 0 Å². The highest BCUT2D eigenvalue weighted by Gasteiger charge is 2.16. The van der Waals surface area contributed by atoms with Gasteiger partial charge in [-0.05, 0) is 49.4 Å². The summed E-state index contributed by atoms with van der Waals surface area (Å²) in [6, 6.07) is 14.6. The number of hydrogen-bond acceptors (Lipinski definition) is 4. The van der Waals surface area contributed by atoms with Crippen LogP contribution in [-0.2, 0) is 0 Å². The lowest BCUT2D eigenvalue weighted by atomic mass is 10.2. The van der Waals surface area contributed by atoms with Crippen molar-refractivity contribution in [3.8, 4) is 0 Å². The summed E-state index contributed by atoms with van der Waals surface area (Å²) in [6.45, 7) is 6.08. The van der Waals surface area contributed by atoms with Gasteiger partial charge in [0.2, 0.25) is 0 Å². The van der Waals surface area contributed by atoms with Crippen molar-refractivity contribution >= 4 is 17.1 Å². The van der Waals surface area contributed by atoms with E-state index in [1.54, 1.807) is 0 Å². The Hall–Kier alpha value is -2.27. The average Bonchev–Trinajstić information content (AvgIpc) is 2.61. The predicted octanol–water partition coefficient (Wildman–Crippen LogP) is 3.03. The molecular formula is C19H25FN4. The Balaban J connectivity index is 1.37. The lowest BCUT2D eigenvalue weighted by molar-refractivity contribution is 0.257. The van der Waals surface area contributed by atoms with E-state index in [2.05, 4.69) is 15.1 Å². The van der Waals surface area contributed by atoms with Crippen LogP contribution in [0.3, 0.4) is 0 Å². The molecule has 0 aromatic heterocycles. The standard InChI is InChI=1S/C19H25FN4/c20-16-6-8-17(9-7-16)24-14-12-23(13-15-24)11-3-10-22-19-5-2-1-4-18(19)21/h1-2,4-9,22H,3,10-15,21H2. The van der Waals surface area contributed by atoms with Gasteiger partial charge in [-0.2, -0.15) is 0 Å². The molecule has 2 aromatic carbocycles. The quantitative estimate of drug-likeness (QED) is 0.632. The second kappa shape index (κ2) is 8.02. The summed E-state index contributed by atoms with van der Waals surface area (Å²) in [5.41, 5.74) is 8.84. The van der Waals surface area contributed by atoms with Gasteiger partial charge in [0.1, 0.15) is 5.82 Å². The van der Waals surface area contributed by atoms with Crippen LogP contribution in [0.1, 0.15) is 6.42 Å². The fraction of sp³-hybridized carbons (Fsp3) is 0.368. The Kier molecular flexibility index (Phi) is 5.54. The van der Waals surface area contributed by atoms with Gasteiger partial charge in [0.15, 0.2) is 0 Å². The number of para-hydroxylation sites is 2. The molecular weight excluding hydrogens is 303 g/mol. The Morgan fingerprint density at radius 3 is 2.38 bits per heavy atom. The van der Waals surface area contributed by atoms with Crippen molar-refractivity contribution in [1.82, 2.24) is 4.90 Å². The van der Waals surface area contributed by atoms with Crippen molar-refractivity contribution in [2.75, 3.05) is 55.2 Å². The minimum Gasteiger partial charge on any atom is -0.397 e. The van der Waals surface area contributed by atoms with E-state index in [1.807, 2.05) is 36.4 Å². The number of piperazine rings is 1. The van der Waals surface area contributed by atoms with Gasteiger partial charge in [0.25, 0.3) is 0 Å². The summed E-state index contributed by atoms with van der Waals surface area (Å²) in [5, 5.41) is 3.39. The molecule has 0 unspecified atom stereocenters. The van der Waals surface area contributed by atoms with Crippen molar-refractivity contribution in [3.63, 3.8) is 0 Å². The van der Waals surface area contributed by atoms with Gasteiger partial charge in [0.05, 0.1) is 11.4 Å².